The van der Waals surface area contributed by atoms with Gasteiger partial charge in [0.1, 0.15) is 5.75 Å². The summed E-state index contributed by atoms with van der Waals surface area (Å²) in [5, 5.41) is 5.89. The third kappa shape index (κ3) is 7.46. The van der Waals surface area contributed by atoms with Gasteiger partial charge in [-0.25, -0.2) is 0 Å². The van der Waals surface area contributed by atoms with Gasteiger partial charge >= 0.3 is 0 Å². The van der Waals surface area contributed by atoms with Gasteiger partial charge in [-0.3, -0.25) is 9.59 Å². The third-order valence-corrected chi connectivity index (χ3v) is 3.00. The zero-order valence-electron chi connectivity index (χ0n) is 12.8. The van der Waals surface area contributed by atoms with Gasteiger partial charge in [-0.05, 0) is 57.6 Å². The molecule has 0 radical (unpaired) electrons. The Morgan fingerprint density at radius 3 is 2.43 bits per heavy atom. The van der Waals surface area contributed by atoms with E-state index in [2.05, 4.69) is 10.6 Å². The Bertz CT molecular complexity index is 443. The molecule has 0 heterocycles. The molecule has 1 rings (SSSR count). The van der Waals surface area contributed by atoms with E-state index >= 15 is 0 Å². The summed E-state index contributed by atoms with van der Waals surface area (Å²) in [7, 11) is 1.89. The Morgan fingerprint density at radius 1 is 1.10 bits per heavy atom. The molecule has 1 aromatic rings. The van der Waals surface area contributed by atoms with Crippen molar-refractivity contribution in [3.63, 3.8) is 0 Å². The zero-order chi connectivity index (χ0) is 15.5. The normalized spacial score (nSPS) is 10.2. The molecule has 0 aliphatic heterocycles. The molecule has 0 aliphatic carbocycles. The minimum Gasteiger partial charge on any atom is -0.494 e. The Morgan fingerprint density at radius 2 is 1.81 bits per heavy atom. The maximum Gasteiger partial charge on any atom is 0.220 e. The summed E-state index contributed by atoms with van der Waals surface area (Å²) in [6, 6.07) is 7.03. The van der Waals surface area contributed by atoms with E-state index < -0.39 is 0 Å². The molecule has 0 spiro atoms. The highest BCUT2D eigenvalue weighted by molar-refractivity contribution is 5.94. The lowest BCUT2D eigenvalue weighted by Gasteiger charge is -2.07. The maximum absolute atomic E-state index is 11.5. The number of hydrogen-bond donors (Lipinski definition) is 2. The molecule has 116 valence electrons. The molecule has 0 saturated heterocycles. The highest BCUT2D eigenvalue weighted by Gasteiger charge is 2.02. The first-order valence-electron chi connectivity index (χ1n) is 7.28. The van der Waals surface area contributed by atoms with Gasteiger partial charge in [0.15, 0.2) is 5.78 Å². The number of Topliss-reactive ketones (excluding diaryl/α,β-unsaturated/α-hetero) is 1. The second-order valence-corrected chi connectivity index (χ2v) is 4.84. The number of ether oxygens (including phenoxy) is 1. The van der Waals surface area contributed by atoms with Crippen LogP contribution in [-0.4, -0.2) is 38.4 Å². The van der Waals surface area contributed by atoms with E-state index in [-0.39, 0.29) is 11.7 Å². The first-order chi connectivity index (χ1) is 10.1. The van der Waals surface area contributed by atoms with E-state index in [0.29, 0.717) is 31.6 Å². The monoisotopic (exact) mass is 292 g/mol. The fourth-order valence-corrected chi connectivity index (χ4v) is 1.79. The molecular formula is C16H24N2O3. The summed E-state index contributed by atoms with van der Waals surface area (Å²) < 4.78 is 5.53. The molecule has 5 heteroatoms. The number of nitrogens with one attached hydrogen (secondary N) is 2. The Kier molecular flexibility index (Phi) is 8.12. The fourth-order valence-electron chi connectivity index (χ4n) is 1.79. The van der Waals surface area contributed by atoms with Crippen molar-refractivity contribution in [1.29, 1.82) is 0 Å². The van der Waals surface area contributed by atoms with Crippen molar-refractivity contribution in [2.45, 2.75) is 26.2 Å². The second kappa shape index (κ2) is 9.94. The number of benzene rings is 1. The fraction of sp³-hybridized carbons (Fsp3) is 0.500. The summed E-state index contributed by atoms with van der Waals surface area (Å²) >= 11 is 0. The van der Waals surface area contributed by atoms with Gasteiger partial charge in [-0.1, -0.05) is 0 Å². The van der Waals surface area contributed by atoms with Gasteiger partial charge in [0, 0.05) is 18.5 Å². The van der Waals surface area contributed by atoms with Crippen molar-refractivity contribution in [2.75, 3.05) is 26.7 Å². The molecule has 0 aliphatic rings. The SMILES string of the molecule is CNCCCNC(=O)CCCOc1ccc(C(C)=O)cc1. The summed E-state index contributed by atoms with van der Waals surface area (Å²) in [5.74, 6) is 0.813. The molecule has 5 nitrogen and oxygen atoms in total. The molecule has 21 heavy (non-hydrogen) atoms. The summed E-state index contributed by atoms with van der Waals surface area (Å²) in [6.07, 6.45) is 2.07. The number of carbonyl (C=O) groups is 2. The highest BCUT2D eigenvalue weighted by Crippen LogP contribution is 2.12. The van der Waals surface area contributed by atoms with Gasteiger partial charge in [0.05, 0.1) is 6.61 Å². The van der Waals surface area contributed by atoms with Gasteiger partial charge in [-0.15, -0.1) is 0 Å². The zero-order valence-corrected chi connectivity index (χ0v) is 12.8. The molecule has 0 unspecified atom stereocenters. The molecule has 0 bridgehead atoms. The van der Waals surface area contributed by atoms with E-state index in [1.54, 1.807) is 24.3 Å². The van der Waals surface area contributed by atoms with Crippen molar-refractivity contribution in [3.05, 3.63) is 29.8 Å². The van der Waals surface area contributed by atoms with Crippen LogP contribution in [0.15, 0.2) is 24.3 Å². The van der Waals surface area contributed by atoms with Crippen LogP contribution in [-0.2, 0) is 4.79 Å². The number of hydrogen-bond acceptors (Lipinski definition) is 4. The minimum atomic E-state index is 0.0384. The largest absolute Gasteiger partial charge is 0.494 e. The number of carbonyl (C=O) groups excluding carboxylic acids is 2. The third-order valence-electron chi connectivity index (χ3n) is 3.00. The lowest BCUT2D eigenvalue weighted by atomic mass is 10.1. The second-order valence-electron chi connectivity index (χ2n) is 4.84. The molecule has 1 amide bonds. The average Bonchev–Trinajstić information content (AvgIpc) is 2.48. The molecule has 0 saturated carbocycles. The maximum atomic E-state index is 11.5. The van der Waals surface area contributed by atoms with Crippen LogP contribution in [0, 0.1) is 0 Å². The highest BCUT2D eigenvalue weighted by atomic mass is 16.5. The van der Waals surface area contributed by atoms with Crippen LogP contribution in [0.25, 0.3) is 0 Å². The van der Waals surface area contributed by atoms with E-state index in [9.17, 15) is 9.59 Å². The van der Waals surface area contributed by atoms with Gasteiger partial charge in [0.25, 0.3) is 0 Å². The first-order valence-corrected chi connectivity index (χ1v) is 7.28. The van der Waals surface area contributed by atoms with Crippen molar-refractivity contribution in [2.24, 2.45) is 0 Å². The summed E-state index contributed by atoms with van der Waals surface area (Å²) in [6.45, 7) is 3.63. The Hall–Kier alpha value is -1.88. The number of ketones is 1. The van der Waals surface area contributed by atoms with Crippen molar-refractivity contribution < 1.29 is 14.3 Å². The Labute approximate surface area is 126 Å². The van der Waals surface area contributed by atoms with Crippen LogP contribution in [0.5, 0.6) is 5.75 Å². The van der Waals surface area contributed by atoms with E-state index in [1.165, 1.54) is 6.92 Å². The van der Waals surface area contributed by atoms with Crippen LogP contribution in [0.3, 0.4) is 0 Å². The lowest BCUT2D eigenvalue weighted by Crippen LogP contribution is -2.26. The quantitative estimate of drug-likeness (QED) is 0.509. The number of rotatable bonds is 10. The number of amides is 1. The van der Waals surface area contributed by atoms with Crippen LogP contribution >= 0.6 is 0 Å². The summed E-state index contributed by atoms with van der Waals surface area (Å²) in [5.41, 5.74) is 0.670. The topological polar surface area (TPSA) is 67.4 Å². The van der Waals surface area contributed by atoms with Crippen molar-refractivity contribution in [1.82, 2.24) is 10.6 Å². The van der Waals surface area contributed by atoms with Crippen LogP contribution in [0.2, 0.25) is 0 Å². The lowest BCUT2D eigenvalue weighted by molar-refractivity contribution is -0.121. The molecule has 2 N–H and O–H groups in total. The predicted molar refractivity (Wildman–Crippen MR) is 82.7 cm³/mol. The smallest absolute Gasteiger partial charge is 0.220 e. The first kappa shape index (κ1) is 17.2. The average molecular weight is 292 g/mol. The molecule has 1 aromatic carbocycles. The molecule has 0 fully saturated rings. The predicted octanol–water partition coefficient (Wildman–Crippen LogP) is 1.77. The molecule has 0 aromatic heterocycles. The van der Waals surface area contributed by atoms with Crippen LogP contribution in [0.4, 0.5) is 0 Å². The van der Waals surface area contributed by atoms with E-state index in [0.717, 1.165) is 18.7 Å². The minimum absolute atomic E-state index is 0.0384. The van der Waals surface area contributed by atoms with E-state index in [4.69, 9.17) is 4.74 Å². The van der Waals surface area contributed by atoms with Crippen molar-refractivity contribution >= 4 is 11.7 Å². The van der Waals surface area contributed by atoms with Crippen LogP contribution in [0.1, 0.15) is 36.5 Å². The van der Waals surface area contributed by atoms with Gasteiger partial charge in [0.2, 0.25) is 5.91 Å². The molecule has 0 atom stereocenters. The standard InChI is InChI=1S/C16H24N2O3/c1-13(19)14-6-8-15(9-7-14)21-12-3-5-16(20)18-11-4-10-17-2/h6-9,17H,3-5,10-12H2,1-2H3,(H,18,20). The molecular weight excluding hydrogens is 268 g/mol. The van der Waals surface area contributed by atoms with Crippen molar-refractivity contribution in [3.8, 4) is 5.75 Å². The Balaban J connectivity index is 2.13. The summed E-state index contributed by atoms with van der Waals surface area (Å²) in [4.78, 5) is 22.6. The van der Waals surface area contributed by atoms with E-state index in [1.807, 2.05) is 7.05 Å². The van der Waals surface area contributed by atoms with Gasteiger partial charge < -0.3 is 15.4 Å². The van der Waals surface area contributed by atoms with Crippen LogP contribution < -0.4 is 15.4 Å². The van der Waals surface area contributed by atoms with Gasteiger partial charge in [-0.2, -0.15) is 0 Å².